The lowest BCUT2D eigenvalue weighted by Gasteiger charge is -2.39. The molecule has 2 unspecified atom stereocenters. The zero-order chi connectivity index (χ0) is 29.6. The number of benzene rings is 2. The van der Waals surface area contributed by atoms with Gasteiger partial charge in [-0.2, -0.15) is 5.10 Å². The van der Waals surface area contributed by atoms with Gasteiger partial charge in [0.2, 0.25) is 5.88 Å². The third-order valence-electron chi connectivity index (χ3n) is 7.72. The van der Waals surface area contributed by atoms with Crippen LogP contribution >= 0.6 is 0 Å². The predicted octanol–water partition coefficient (Wildman–Crippen LogP) is 5.34. The SMILES string of the molecule is CC1=NC(Oc2ccc(N[S+](C)[O-])cc2C)=CCC1CN1CCC(N(C(=O)Nc2cnn(C)c2)c2ccccc2)CC1. The number of hydrogen-bond acceptors (Lipinski definition) is 7. The minimum atomic E-state index is -1.12. The van der Waals surface area contributed by atoms with Gasteiger partial charge in [0, 0.05) is 56.2 Å². The lowest BCUT2D eigenvalue weighted by atomic mass is 9.95. The third kappa shape index (κ3) is 7.53. The first-order chi connectivity index (χ1) is 20.2. The quantitative estimate of drug-likeness (QED) is 0.326. The van der Waals surface area contributed by atoms with E-state index in [1.165, 1.54) is 0 Å². The second kappa shape index (κ2) is 13.5. The molecule has 2 atom stereocenters. The van der Waals surface area contributed by atoms with Crippen molar-refractivity contribution in [3.05, 3.63) is 78.4 Å². The van der Waals surface area contributed by atoms with Crippen molar-refractivity contribution in [3.8, 4) is 5.75 Å². The Morgan fingerprint density at radius 1 is 1.14 bits per heavy atom. The van der Waals surface area contributed by atoms with Gasteiger partial charge in [0.25, 0.3) is 0 Å². The number of urea groups is 1. The average molecular weight is 590 g/mol. The van der Waals surface area contributed by atoms with Crippen LogP contribution in [0.2, 0.25) is 0 Å². The number of nitrogens with zero attached hydrogens (tertiary/aromatic N) is 5. The average Bonchev–Trinajstić information content (AvgIpc) is 3.37. The van der Waals surface area contributed by atoms with E-state index in [4.69, 9.17) is 9.73 Å². The van der Waals surface area contributed by atoms with E-state index in [9.17, 15) is 9.35 Å². The maximum atomic E-state index is 13.4. The Bertz CT molecular complexity index is 1430. The molecule has 3 aromatic rings. The molecule has 2 amide bonds. The Labute approximate surface area is 250 Å². The highest BCUT2D eigenvalue weighted by molar-refractivity contribution is 7.92. The first-order valence-corrected chi connectivity index (χ1v) is 15.8. The first-order valence-electron chi connectivity index (χ1n) is 14.3. The van der Waals surface area contributed by atoms with Gasteiger partial charge < -0.3 is 19.5 Å². The van der Waals surface area contributed by atoms with Crippen LogP contribution in [0.25, 0.3) is 0 Å². The fraction of sp³-hybridized carbons (Fsp3) is 0.387. The van der Waals surface area contributed by atoms with Gasteiger partial charge in [0.05, 0.1) is 28.9 Å². The molecule has 5 rings (SSSR count). The van der Waals surface area contributed by atoms with E-state index in [1.807, 2.05) is 67.4 Å². The summed E-state index contributed by atoms with van der Waals surface area (Å²) in [6.07, 6.45) is 9.77. The van der Waals surface area contributed by atoms with Crippen molar-refractivity contribution in [1.82, 2.24) is 14.7 Å². The molecule has 2 aromatic carbocycles. The minimum absolute atomic E-state index is 0.100. The van der Waals surface area contributed by atoms with Gasteiger partial charge in [-0.1, -0.05) is 18.2 Å². The predicted molar refractivity (Wildman–Crippen MR) is 169 cm³/mol. The maximum Gasteiger partial charge on any atom is 0.326 e. The molecule has 0 bridgehead atoms. The second-order valence-corrected chi connectivity index (χ2v) is 12.0. The van der Waals surface area contributed by atoms with E-state index in [0.29, 0.717) is 17.5 Å². The van der Waals surface area contributed by atoms with E-state index in [0.717, 1.165) is 67.3 Å². The number of nitrogens with one attached hydrogen (secondary N) is 2. The highest BCUT2D eigenvalue weighted by Crippen LogP contribution is 2.29. The summed E-state index contributed by atoms with van der Waals surface area (Å²) >= 11 is -1.12. The number of para-hydroxylation sites is 1. The van der Waals surface area contributed by atoms with Crippen LogP contribution in [0.3, 0.4) is 0 Å². The molecule has 0 aliphatic carbocycles. The number of allylic oxidation sites excluding steroid dienone is 1. The van der Waals surface area contributed by atoms with Crippen LogP contribution in [-0.4, -0.2) is 62.9 Å². The molecular weight excluding hydrogens is 550 g/mol. The number of rotatable bonds is 9. The fourth-order valence-electron chi connectivity index (χ4n) is 5.53. The molecule has 222 valence electrons. The molecule has 3 heterocycles. The van der Waals surface area contributed by atoms with Crippen molar-refractivity contribution in [2.75, 3.05) is 40.8 Å². The van der Waals surface area contributed by atoms with Gasteiger partial charge in [-0.05, 0) is 75.1 Å². The van der Waals surface area contributed by atoms with Crippen LogP contribution in [0.15, 0.2) is 77.9 Å². The Morgan fingerprint density at radius 2 is 1.90 bits per heavy atom. The Morgan fingerprint density at radius 3 is 2.55 bits per heavy atom. The summed E-state index contributed by atoms with van der Waals surface area (Å²) in [4.78, 5) is 22.6. The number of piperidine rings is 1. The largest absolute Gasteiger partial charge is 0.593 e. The summed E-state index contributed by atoms with van der Waals surface area (Å²) in [7, 11) is 1.83. The van der Waals surface area contributed by atoms with Crippen molar-refractivity contribution in [2.45, 2.75) is 39.2 Å². The monoisotopic (exact) mass is 589 g/mol. The number of amides is 2. The molecule has 2 aliphatic rings. The molecule has 0 radical (unpaired) electrons. The third-order valence-corrected chi connectivity index (χ3v) is 8.24. The van der Waals surface area contributed by atoms with Crippen molar-refractivity contribution >= 4 is 40.2 Å². The van der Waals surface area contributed by atoms with E-state index in [-0.39, 0.29) is 12.1 Å². The number of carbonyl (C=O) groups is 1. The molecule has 10 nitrogen and oxygen atoms in total. The number of hydrogen-bond donors (Lipinski definition) is 2. The number of aliphatic imine (C=N–C) groups is 1. The topological polar surface area (TPSA) is 110 Å². The van der Waals surface area contributed by atoms with Gasteiger partial charge in [0.1, 0.15) is 12.0 Å². The number of anilines is 3. The summed E-state index contributed by atoms with van der Waals surface area (Å²) in [5.41, 5.74) is 4.38. The van der Waals surface area contributed by atoms with E-state index >= 15 is 0 Å². The molecule has 11 heteroatoms. The first kappa shape index (κ1) is 29.7. The van der Waals surface area contributed by atoms with E-state index < -0.39 is 11.4 Å². The summed E-state index contributed by atoms with van der Waals surface area (Å²) in [6.45, 7) is 6.78. The van der Waals surface area contributed by atoms with Crippen molar-refractivity contribution in [3.63, 3.8) is 0 Å². The number of aryl methyl sites for hydroxylation is 2. The molecule has 2 aliphatic heterocycles. The summed E-state index contributed by atoms with van der Waals surface area (Å²) < 4.78 is 22.1. The van der Waals surface area contributed by atoms with Crippen LogP contribution in [0.5, 0.6) is 5.75 Å². The van der Waals surface area contributed by atoms with E-state index in [1.54, 1.807) is 23.3 Å². The number of aromatic nitrogens is 2. The van der Waals surface area contributed by atoms with Crippen LogP contribution in [-0.2, 0) is 18.4 Å². The lowest BCUT2D eigenvalue weighted by molar-refractivity contribution is 0.193. The molecule has 0 spiro atoms. The Balaban J connectivity index is 1.16. The summed E-state index contributed by atoms with van der Waals surface area (Å²) in [6, 6.07) is 15.5. The van der Waals surface area contributed by atoms with Crippen LogP contribution in [0, 0.1) is 12.8 Å². The molecule has 0 saturated carbocycles. The highest BCUT2D eigenvalue weighted by Gasteiger charge is 2.31. The number of ether oxygens (including phenoxy) is 1. The summed E-state index contributed by atoms with van der Waals surface area (Å²) in [5.74, 6) is 1.67. The van der Waals surface area contributed by atoms with Crippen LogP contribution in [0.1, 0.15) is 31.7 Å². The van der Waals surface area contributed by atoms with Gasteiger partial charge in [-0.3, -0.25) is 9.58 Å². The molecule has 1 aromatic heterocycles. The molecular formula is C31H39N7O3S. The number of carbonyl (C=O) groups excluding carboxylic acids is 1. The van der Waals surface area contributed by atoms with Gasteiger partial charge in [-0.25, -0.2) is 14.5 Å². The smallest absolute Gasteiger partial charge is 0.326 e. The Kier molecular flexibility index (Phi) is 9.51. The van der Waals surface area contributed by atoms with Crippen molar-refractivity contribution in [1.29, 1.82) is 0 Å². The maximum absolute atomic E-state index is 13.4. The normalized spacial score (nSPS) is 18.5. The molecule has 2 N–H and O–H groups in total. The zero-order valence-corrected chi connectivity index (χ0v) is 25.4. The van der Waals surface area contributed by atoms with Crippen molar-refractivity contribution in [2.24, 2.45) is 18.0 Å². The van der Waals surface area contributed by atoms with E-state index in [2.05, 4.69) is 33.0 Å². The zero-order valence-electron chi connectivity index (χ0n) is 24.6. The van der Waals surface area contributed by atoms with Crippen molar-refractivity contribution < 1.29 is 14.1 Å². The van der Waals surface area contributed by atoms with Gasteiger partial charge in [0.15, 0.2) is 0 Å². The number of likely N-dealkylation sites (tertiary alicyclic amines) is 1. The van der Waals surface area contributed by atoms with Crippen LogP contribution < -0.4 is 19.7 Å². The fourth-order valence-corrected chi connectivity index (χ4v) is 5.98. The van der Waals surface area contributed by atoms with Gasteiger partial charge in [-0.15, -0.1) is 0 Å². The second-order valence-electron chi connectivity index (χ2n) is 10.9. The molecule has 1 saturated heterocycles. The molecule has 42 heavy (non-hydrogen) atoms. The Hall–Kier alpha value is -3.80. The highest BCUT2D eigenvalue weighted by atomic mass is 32.2. The molecule has 1 fully saturated rings. The minimum Gasteiger partial charge on any atom is -0.593 e. The standard InChI is InChI=1S/C31H39N7O3S/c1-22-18-25(35-42(4)40)11-12-29(22)41-30-13-10-24(23(2)33-30)20-37-16-14-28(15-17-37)38(27-8-6-5-7-9-27)31(39)34-26-19-32-36(3)21-26/h5-9,11-13,18-19,21,24,28,35H,10,14-17,20H2,1-4H3,(H,34,39). The van der Waals surface area contributed by atoms with Crippen LogP contribution in [0.4, 0.5) is 21.9 Å². The van der Waals surface area contributed by atoms with Gasteiger partial charge >= 0.3 is 6.03 Å². The lowest BCUT2D eigenvalue weighted by Crippen LogP contribution is -2.50. The summed E-state index contributed by atoms with van der Waals surface area (Å²) in [5, 5.41) is 7.19.